The SMILES string of the molecule is C=C.CCN=C1C(=C(C)C)C(NCc2cccc(O)c2)=CC(=O)N1O. The molecule has 1 aromatic rings. The Labute approximate surface area is 148 Å². The van der Waals surface area contributed by atoms with E-state index in [1.807, 2.05) is 26.8 Å². The molecule has 1 amide bonds. The molecule has 134 valence electrons. The van der Waals surface area contributed by atoms with Gasteiger partial charge in [-0.3, -0.25) is 15.0 Å². The summed E-state index contributed by atoms with van der Waals surface area (Å²) in [4.78, 5) is 16.2. The highest BCUT2D eigenvalue weighted by Gasteiger charge is 2.29. The van der Waals surface area contributed by atoms with E-state index >= 15 is 0 Å². The van der Waals surface area contributed by atoms with E-state index in [0.29, 0.717) is 29.4 Å². The molecule has 3 N–H and O–H groups in total. The molecule has 0 atom stereocenters. The molecular formula is C19H25N3O3. The minimum Gasteiger partial charge on any atom is -0.508 e. The molecule has 0 bridgehead atoms. The van der Waals surface area contributed by atoms with Gasteiger partial charge in [0.25, 0.3) is 5.91 Å². The van der Waals surface area contributed by atoms with Gasteiger partial charge in [0.15, 0.2) is 5.84 Å². The number of hydroxylamine groups is 2. The van der Waals surface area contributed by atoms with Crippen molar-refractivity contribution in [3.05, 3.63) is 65.9 Å². The summed E-state index contributed by atoms with van der Waals surface area (Å²) < 4.78 is 0. The van der Waals surface area contributed by atoms with Crippen molar-refractivity contribution in [2.75, 3.05) is 6.54 Å². The number of allylic oxidation sites excluding steroid dienone is 1. The van der Waals surface area contributed by atoms with Crippen molar-refractivity contribution in [3.8, 4) is 5.75 Å². The lowest BCUT2D eigenvalue weighted by atomic mass is 10.0. The number of rotatable bonds is 4. The van der Waals surface area contributed by atoms with Gasteiger partial charge in [-0.2, -0.15) is 5.06 Å². The molecule has 0 unspecified atom stereocenters. The summed E-state index contributed by atoms with van der Waals surface area (Å²) in [5.41, 5.74) is 3.12. The molecule has 6 nitrogen and oxygen atoms in total. The molecule has 2 rings (SSSR count). The van der Waals surface area contributed by atoms with Crippen LogP contribution in [-0.4, -0.2) is 33.7 Å². The summed E-state index contributed by atoms with van der Waals surface area (Å²) in [7, 11) is 0. The highest BCUT2D eigenvalue weighted by atomic mass is 16.5. The summed E-state index contributed by atoms with van der Waals surface area (Å²) in [5, 5.41) is 23.2. The van der Waals surface area contributed by atoms with Crippen LogP contribution in [0.3, 0.4) is 0 Å². The van der Waals surface area contributed by atoms with Gasteiger partial charge in [0, 0.05) is 24.7 Å². The molecule has 25 heavy (non-hydrogen) atoms. The number of nitrogens with one attached hydrogen (secondary N) is 1. The molecular weight excluding hydrogens is 318 g/mol. The topological polar surface area (TPSA) is 85.2 Å². The standard InChI is InChI=1S/C17H21N3O3.C2H4/c1-4-18-17-16(11(2)3)14(9-15(22)20(17)23)19-10-12-6-5-7-13(21)8-12;1-2/h5-9,19,21,23H,4,10H2,1-3H3;1-2H2. The fourth-order valence-corrected chi connectivity index (χ4v) is 2.38. The zero-order valence-corrected chi connectivity index (χ0v) is 14.9. The number of phenols is 1. The van der Waals surface area contributed by atoms with Crippen molar-refractivity contribution in [3.63, 3.8) is 0 Å². The van der Waals surface area contributed by atoms with Crippen LogP contribution in [0, 0.1) is 0 Å². The third-order valence-electron chi connectivity index (χ3n) is 3.37. The highest BCUT2D eigenvalue weighted by Crippen LogP contribution is 2.22. The van der Waals surface area contributed by atoms with Gasteiger partial charge in [0.05, 0.1) is 5.70 Å². The maximum absolute atomic E-state index is 11.9. The Morgan fingerprint density at radius 3 is 2.56 bits per heavy atom. The number of aromatic hydroxyl groups is 1. The smallest absolute Gasteiger partial charge is 0.278 e. The zero-order valence-electron chi connectivity index (χ0n) is 14.9. The maximum atomic E-state index is 11.9. The van der Waals surface area contributed by atoms with Crippen LogP contribution in [0.2, 0.25) is 0 Å². The van der Waals surface area contributed by atoms with E-state index in [4.69, 9.17) is 0 Å². The van der Waals surface area contributed by atoms with E-state index in [1.54, 1.807) is 18.2 Å². The minimum absolute atomic E-state index is 0.190. The number of carbonyl (C=O) groups is 1. The molecule has 1 aliphatic rings. The van der Waals surface area contributed by atoms with E-state index in [2.05, 4.69) is 23.5 Å². The molecule has 0 fully saturated rings. The van der Waals surface area contributed by atoms with Gasteiger partial charge in [0.1, 0.15) is 5.75 Å². The molecule has 0 saturated heterocycles. The van der Waals surface area contributed by atoms with Crippen molar-refractivity contribution in [1.29, 1.82) is 0 Å². The molecule has 0 aromatic heterocycles. The highest BCUT2D eigenvalue weighted by molar-refractivity contribution is 6.15. The second-order valence-corrected chi connectivity index (χ2v) is 5.40. The van der Waals surface area contributed by atoms with Crippen LogP contribution in [0.15, 0.2) is 65.3 Å². The van der Waals surface area contributed by atoms with E-state index in [9.17, 15) is 15.1 Å². The van der Waals surface area contributed by atoms with Crippen molar-refractivity contribution < 1.29 is 15.1 Å². The van der Waals surface area contributed by atoms with Gasteiger partial charge < -0.3 is 10.4 Å². The first kappa shape index (κ1) is 20.2. The van der Waals surface area contributed by atoms with Crippen LogP contribution >= 0.6 is 0 Å². The number of hydrogen-bond acceptors (Lipinski definition) is 5. The van der Waals surface area contributed by atoms with Gasteiger partial charge in [-0.15, -0.1) is 13.2 Å². The maximum Gasteiger partial charge on any atom is 0.278 e. The molecule has 0 radical (unpaired) electrons. The van der Waals surface area contributed by atoms with Crippen molar-refractivity contribution in [1.82, 2.24) is 10.4 Å². The predicted molar refractivity (Wildman–Crippen MR) is 99.3 cm³/mol. The van der Waals surface area contributed by atoms with Crippen LogP contribution in [-0.2, 0) is 11.3 Å². The van der Waals surface area contributed by atoms with E-state index < -0.39 is 5.91 Å². The summed E-state index contributed by atoms with van der Waals surface area (Å²) in [6.45, 7) is 12.5. The molecule has 0 saturated carbocycles. The monoisotopic (exact) mass is 343 g/mol. The molecule has 1 aliphatic heterocycles. The van der Waals surface area contributed by atoms with Crippen LogP contribution < -0.4 is 5.32 Å². The minimum atomic E-state index is -0.541. The van der Waals surface area contributed by atoms with Crippen molar-refractivity contribution in [2.45, 2.75) is 27.3 Å². The lowest BCUT2D eigenvalue weighted by Gasteiger charge is -2.27. The average Bonchev–Trinajstić information content (AvgIpc) is 2.59. The predicted octanol–water partition coefficient (Wildman–Crippen LogP) is 3.15. The number of hydrogen-bond donors (Lipinski definition) is 3. The Bertz CT molecular complexity index is 716. The Morgan fingerprint density at radius 1 is 1.32 bits per heavy atom. The first-order valence-corrected chi connectivity index (χ1v) is 7.93. The van der Waals surface area contributed by atoms with E-state index in [0.717, 1.165) is 11.1 Å². The van der Waals surface area contributed by atoms with Crippen molar-refractivity contribution >= 4 is 11.7 Å². The Kier molecular flexibility index (Phi) is 7.62. The third kappa shape index (κ3) is 5.06. The number of phenolic OH excluding ortho intramolecular Hbond substituents is 1. The van der Waals surface area contributed by atoms with E-state index in [1.165, 1.54) is 6.08 Å². The number of benzene rings is 1. The van der Waals surface area contributed by atoms with Gasteiger partial charge >= 0.3 is 0 Å². The first-order chi connectivity index (χ1) is 11.9. The van der Waals surface area contributed by atoms with E-state index in [-0.39, 0.29) is 11.6 Å². The number of nitrogens with zero attached hydrogens (tertiary/aromatic N) is 2. The zero-order chi connectivity index (χ0) is 19.0. The molecule has 6 heteroatoms. The van der Waals surface area contributed by atoms with Gasteiger partial charge in [0.2, 0.25) is 0 Å². The Hall–Kier alpha value is -2.86. The van der Waals surface area contributed by atoms with Crippen LogP contribution in [0.1, 0.15) is 26.3 Å². The molecule has 0 spiro atoms. The largest absolute Gasteiger partial charge is 0.508 e. The molecule has 1 heterocycles. The number of amides is 1. The summed E-state index contributed by atoms with van der Waals surface area (Å²) in [6, 6.07) is 6.89. The van der Waals surface area contributed by atoms with Crippen LogP contribution in [0.5, 0.6) is 5.75 Å². The van der Waals surface area contributed by atoms with Gasteiger partial charge in [-0.05, 0) is 38.5 Å². The Balaban J connectivity index is 0.00000151. The first-order valence-electron chi connectivity index (χ1n) is 7.93. The normalized spacial score (nSPS) is 15.4. The molecule has 1 aromatic carbocycles. The van der Waals surface area contributed by atoms with Crippen LogP contribution in [0.4, 0.5) is 0 Å². The van der Waals surface area contributed by atoms with Crippen LogP contribution in [0.25, 0.3) is 0 Å². The molecule has 0 aliphatic carbocycles. The van der Waals surface area contributed by atoms with Gasteiger partial charge in [-0.25, -0.2) is 0 Å². The number of aliphatic imine (C=N–C) groups is 1. The van der Waals surface area contributed by atoms with Crippen molar-refractivity contribution in [2.24, 2.45) is 4.99 Å². The fourth-order valence-electron chi connectivity index (χ4n) is 2.38. The van der Waals surface area contributed by atoms with Gasteiger partial charge in [-0.1, -0.05) is 17.7 Å². The number of amidine groups is 1. The fraction of sp³-hybridized carbons (Fsp3) is 0.263. The summed E-state index contributed by atoms with van der Waals surface area (Å²) >= 11 is 0. The summed E-state index contributed by atoms with van der Waals surface area (Å²) in [5.74, 6) is -0.103. The third-order valence-corrected chi connectivity index (χ3v) is 3.37. The quantitative estimate of drug-likeness (QED) is 0.579. The second kappa shape index (κ2) is 9.44. The Morgan fingerprint density at radius 2 is 2.00 bits per heavy atom. The summed E-state index contributed by atoms with van der Waals surface area (Å²) in [6.07, 6.45) is 1.35. The lowest BCUT2D eigenvalue weighted by Crippen LogP contribution is -2.41. The number of carbonyl (C=O) groups excluding carboxylic acids is 1. The average molecular weight is 343 g/mol. The second-order valence-electron chi connectivity index (χ2n) is 5.40. The lowest BCUT2D eigenvalue weighted by molar-refractivity contribution is -0.143.